The third-order valence-electron chi connectivity index (χ3n) is 4.09. The van der Waals surface area contributed by atoms with Gasteiger partial charge in [-0.15, -0.1) is 0 Å². The van der Waals surface area contributed by atoms with Crippen LogP contribution in [0.5, 0.6) is 11.6 Å². The number of anilines is 1. The Morgan fingerprint density at radius 2 is 2.07 bits per heavy atom. The van der Waals surface area contributed by atoms with Crippen molar-refractivity contribution in [3.05, 3.63) is 72.6 Å². The van der Waals surface area contributed by atoms with Crippen LogP contribution in [0, 0.1) is 6.92 Å². The van der Waals surface area contributed by atoms with Gasteiger partial charge in [-0.05, 0) is 42.8 Å². The molecule has 1 amide bonds. The number of carbonyl (C=O) groups is 1. The molecule has 140 valence electrons. The van der Waals surface area contributed by atoms with Crippen LogP contribution in [-0.2, 0) is 6.61 Å². The molecular formula is C20H17N5O3. The molecule has 0 unspecified atom stereocenters. The maximum Gasteiger partial charge on any atom is 0.330 e. The van der Waals surface area contributed by atoms with E-state index in [1.807, 2.05) is 25.1 Å². The van der Waals surface area contributed by atoms with Crippen molar-refractivity contribution in [3.63, 3.8) is 0 Å². The van der Waals surface area contributed by atoms with Crippen molar-refractivity contribution in [2.24, 2.45) is 0 Å². The molecule has 0 saturated carbocycles. The Morgan fingerprint density at radius 3 is 2.89 bits per heavy atom. The van der Waals surface area contributed by atoms with Crippen molar-refractivity contribution >= 4 is 22.6 Å². The minimum absolute atomic E-state index is 0.188. The summed E-state index contributed by atoms with van der Waals surface area (Å²) in [5.74, 6) is 0.902. The molecule has 0 atom stereocenters. The standard InChI is InChI=1S/C20H17N5O3/c1-13-6-15(10-21-9-13)24-20(27)25-5-4-14-7-17(2-3-18(14)25)28-19-8-16(11-26)22-12-23-19/h2-10,12,26H,11H2,1H3,(H,24,27). The smallest absolute Gasteiger partial charge is 0.330 e. The van der Waals surface area contributed by atoms with E-state index in [-0.39, 0.29) is 12.6 Å². The van der Waals surface area contributed by atoms with Gasteiger partial charge in [-0.3, -0.25) is 9.55 Å². The number of aryl methyl sites for hydroxylation is 1. The van der Waals surface area contributed by atoms with Crippen LogP contribution < -0.4 is 10.1 Å². The molecule has 28 heavy (non-hydrogen) atoms. The van der Waals surface area contributed by atoms with Gasteiger partial charge in [-0.1, -0.05) is 0 Å². The largest absolute Gasteiger partial charge is 0.439 e. The van der Waals surface area contributed by atoms with Gasteiger partial charge in [0.1, 0.15) is 12.1 Å². The number of aromatic nitrogens is 4. The highest BCUT2D eigenvalue weighted by Crippen LogP contribution is 2.26. The average Bonchev–Trinajstić information content (AvgIpc) is 3.11. The van der Waals surface area contributed by atoms with Crippen LogP contribution in [0.1, 0.15) is 11.3 Å². The van der Waals surface area contributed by atoms with Crippen LogP contribution in [0.2, 0.25) is 0 Å². The molecule has 4 aromatic rings. The predicted molar refractivity (Wildman–Crippen MR) is 103 cm³/mol. The van der Waals surface area contributed by atoms with Gasteiger partial charge in [0.05, 0.1) is 29.7 Å². The van der Waals surface area contributed by atoms with Gasteiger partial charge in [0.25, 0.3) is 0 Å². The Balaban J connectivity index is 1.56. The molecule has 2 N–H and O–H groups in total. The van der Waals surface area contributed by atoms with Gasteiger partial charge in [0, 0.05) is 23.8 Å². The number of hydrogen-bond acceptors (Lipinski definition) is 6. The highest BCUT2D eigenvalue weighted by molar-refractivity contribution is 5.98. The fourth-order valence-corrected chi connectivity index (χ4v) is 2.81. The molecule has 0 fully saturated rings. The van der Waals surface area contributed by atoms with E-state index in [4.69, 9.17) is 9.84 Å². The highest BCUT2D eigenvalue weighted by atomic mass is 16.5. The first-order chi connectivity index (χ1) is 13.6. The van der Waals surface area contributed by atoms with Crippen LogP contribution in [0.4, 0.5) is 10.5 Å². The van der Waals surface area contributed by atoms with Crippen LogP contribution in [-0.4, -0.2) is 30.7 Å². The van der Waals surface area contributed by atoms with Crippen molar-refractivity contribution in [3.8, 4) is 11.6 Å². The minimum Gasteiger partial charge on any atom is -0.439 e. The second kappa shape index (κ2) is 7.45. The highest BCUT2D eigenvalue weighted by Gasteiger charge is 2.11. The van der Waals surface area contributed by atoms with Crippen LogP contribution in [0.25, 0.3) is 10.9 Å². The first-order valence-corrected chi connectivity index (χ1v) is 8.56. The van der Waals surface area contributed by atoms with Crippen LogP contribution >= 0.6 is 0 Å². The van der Waals surface area contributed by atoms with Crippen molar-refractivity contribution in [2.45, 2.75) is 13.5 Å². The number of rotatable bonds is 4. The number of amides is 1. The first-order valence-electron chi connectivity index (χ1n) is 8.56. The predicted octanol–water partition coefficient (Wildman–Crippen LogP) is 3.50. The summed E-state index contributed by atoms with van der Waals surface area (Å²) in [6.45, 7) is 1.72. The monoisotopic (exact) mass is 375 g/mol. The zero-order chi connectivity index (χ0) is 19.5. The van der Waals surface area contributed by atoms with Crippen molar-refractivity contribution in [2.75, 3.05) is 5.32 Å². The Morgan fingerprint density at radius 1 is 1.18 bits per heavy atom. The van der Waals surface area contributed by atoms with Crippen LogP contribution in [0.3, 0.4) is 0 Å². The summed E-state index contributed by atoms with van der Waals surface area (Å²) in [6.07, 6.45) is 6.36. The number of carbonyl (C=O) groups excluding carboxylic acids is 1. The number of aliphatic hydroxyl groups is 1. The van der Waals surface area contributed by atoms with E-state index >= 15 is 0 Å². The fourth-order valence-electron chi connectivity index (χ4n) is 2.81. The third kappa shape index (κ3) is 3.67. The number of aliphatic hydroxyl groups excluding tert-OH is 1. The molecule has 4 rings (SSSR count). The molecule has 0 aliphatic rings. The summed E-state index contributed by atoms with van der Waals surface area (Å²) in [6, 6.07) is 10.3. The Labute approximate surface area is 160 Å². The topological polar surface area (TPSA) is 102 Å². The van der Waals surface area contributed by atoms with Crippen molar-refractivity contribution in [1.29, 1.82) is 0 Å². The molecule has 0 aliphatic carbocycles. The Kier molecular flexibility index (Phi) is 4.69. The average molecular weight is 375 g/mol. The number of fused-ring (bicyclic) bond motifs is 1. The molecule has 8 nitrogen and oxygen atoms in total. The SMILES string of the molecule is Cc1cncc(NC(=O)n2ccc3cc(Oc4cc(CO)ncn4)ccc32)c1. The quantitative estimate of drug-likeness (QED) is 0.566. The number of nitrogens with one attached hydrogen (secondary N) is 1. The molecule has 8 heteroatoms. The van der Waals surface area contributed by atoms with Gasteiger partial charge >= 0.3 is 6.03 Å². The van der Waals surface area contributed by atoms with E-state index in [1.165, 1.54) is 10.9 Å². The maximum absolute atomic E-state index is 12.6. The van der Waals surface area contributed by atoms with Gasteiger partial charge in [0.15, 0.2) is 0 Å². The zero-order valence-corrected chi connectivity index (χ0v) is 15.0. The number of nitrogens with zero attached hydrogens (tertiary/aromatic N) is 4. The van der Waals surface area contributed by atoms with Gasteiger partial charge < -0.3 is 15.2 Å². The number of ether oxygens (including phenoxy) is 1. The van der Waals surface area contributed by atoms with E-state index in [1.54, 1.807) is 36.8 Å². The van der Waals surface area contributed by atoms with Gasteiger partial charge in [-0.2, -0.15) is 0 Å². The summed E-state index contributed by atoms with van der Waals surface area (Å²) in [5, 5.41) is 12.8. The normalized spacial score (nSPS) is 10.8. The summed E-state index contributed by atoms with van der Waals surface area (Å²) in [4.78, 5) is 24.6. The number of pyridine rings is 1. The second-order valence-corrected chi connectivity index (χ2v) is 6.20. The summed E-state index contributed by atoms with van der Waals surface area (Å²) in [7, 11) is 0. The summed E-state index contributed by atoms with van der Waals surface area (Å²) in [5.41, 5.74) is 2.81. The van der Waals surface area contributed by atoms with Crippen LogP contribution in [0.15, 0.2) is 61.3 Å². The van der Waals surface area contributed by atoms with Crippen molar-refractivity contribution < 1.29 is 14.6 Å². The Hall–Kier alpha value is -3.78. The molecule has 0 spiro atoms. The molecule has 0 radical (unpaired) electrons. The maximum atomic E-state index is 12.6. The number of hydrogen-bond donors (Lipinski definition) is 2. The lowest BCUT2D eigenvalue weighted by atomic mass is 10.2. The first kappa shape index (κ1) is 17.6. The molecule has 3 heterocycles. The summed E-state index contributed by atoms with van der Waals surface area (Å²) < 4.78 is 7.25. The number of benzene rings is 1. The van der Waals surface area contributed by atoms with Crippen molar-refractivity contribution in [1.82, 2.24) is 19.5 Å². The Bertz CT molecular complexity index is 1160. The minimum atomic E-state index is -0.278. The lowest BCUT2D eigenvalue weighted by Crippen LogP contribution is -2.18. The zero-order valence-electron chi connectivity index (χ0n) is 15.0. The fraction of sp³-hybridized carbons (Fsp3) is 0.100. The molecule has 0 saturated heterocycles. The molecule has 0 bridgehead atoms. The second-order valence-electron chi connectivity index (χ2n) is 6.20. The molecule has 1 aromatic carbocycles. The lowest BCUT2D eigenvalue weighted by Gasteiger charge is -2.08. The molecule has 3 aromatic heterocycles. The third-order valence-corrected chi connectivity index (χ3v) is 4.09. The lowest BCUT2D eigenvalue weighted by molar-refractivity contribution is 0.254. The van der Waals surface area contributed by atoms with E-state index in [0.29, 0.717) is 23.0 Å². The molecule has 0 aliphatic heterocycles. The summed E-state index contributed by atoms with van der Waals surface area (Å²) >= 11 is 0. The van der Waals surface area contributed by atoms with E-state index in [2.05, 4.69) is 20.3 Å². The van der Waals surface area contributed by atoms with Gasteiger partial charge in [-0.25, -0.2) is 14.8 Å². The molecular weight excluding hydrogens is 358 g/mol. The van der Waals surface area contributed by atoms with Gasteiger partial charge in [0.2, 0.25) is 5.88 Å². The van der Waals surface area contributed by atoms with E-state index < -0.39 is 0 Å². The van der Waals surface area contributed by atoms with E-state index in [9.17, 15) is 4.79 Å². The van der Waals surface area contributed by atoms with E-state index in [0.717, 1.165) is 16.5 Å².